The smallest absolute Gasteiger partial charge is 0.328 e. The average molecular weight is 414 g/mol. The van der Waals surface area contributed by atoms with Gasteiger partial charge in [-0.1, -0.05) is 11.6 Å². The number of thioether (sulfide) groups is 1. The van der Waals surface area contributed by atoms with Crippen molar-refractivity contribution in [2.75, 3.05) is 20.3 Å². The number of hydrogen-bond donors (Lipinski definition) is 0. The van der Waals surface area contributed by atoms with Gasteiger partial charge in [-0.05, 0) is 56.3 Å². The van der Waals surface area contributed by atoms with Gasteiger partial charge in [-0.25, -0.2) is 4.79 Å². The van der Waals surface area contributed by atoms with Gasteiger partial charge in [0.25, 0.3) is 11.1 Å². The third kappa shape index (κ3) is 4.56. The van der Waals surface area contributed by atoms with Crippen LogP contribution in [0.15, 0.2) is 17.0 Å². The number of benzene rings is 1. The summed E-state index contributed by atoms with van der Waals surface area (Å²) in [6, 6.07) is 2.29. The number of rotatable bonds is 7. The lowest BCUT2D eigenvalue weighted by atomic mass is 10.1. The van der Waals surface area contributed by atoms with Crippen LogP contribution in [0.3, 0.4) is 0 Å². The molecule has 0 aromatic heterocycles. The molecule has 1 fully saturated rings. The van der Waals surface area contributed by atoms with Gasteiger partial charge >= 0.3 is 5.97 Å². The van der Waals surface area contributed by atoms with Crippen LogP contribution >= 0.6 is 23.4 Å². The molecule has 1 aromatic rings. The van der Waals surface area contributed by atoms with Crippen molar-refractivity contribution in [3.05, 3.63) is 27.6 Å². The van der Waals surface area contributed by atoms with Gasteiger partial charge in [-0.2, -0.15) is 0 Å². The van der Waals surface area contributed by atoms with Crippen LogP contribution in [0.5, 0.6) is 11.5 Å². The fourth-order valence-corrected chi connectivity index (χ4v) is 3.64. The predicted molar refractivity (Wildman–Crippen MR) is 103 cm³/mol. The van der Waals surface area contributed by atoms with E-state index in [1.807, 2.05) is 13.8 Å². The minimum absolute atomic E-state index is 0.179. The Morgan fingerprint density at radius 1 is 1.26 bits per heavy atom. The highest BCUT2D eigenvalue weighted by molar-refractivity contribution is 8.18. The number of nitrogens with zero attached hydrogens (tertiary/aromatic N) is 1. The van der Waals surface area contributed by atoms with Crippen LogP contribution in [0.2, 0.25) is 5.02 Å². The Hall–Kier alpha value is -2.19. The number of methoxy groups -OCH3 is 1. The van der Waals surface area contributed by atoms with Gasteiger partial charge in [-0.3, -0.25) is 14.5 Å². The summed E-state index contributed by atoms with van der Waals surface area (Å²) >= 11 is 7.02. The number of ether oxygens (including phenoxy) is 3. The minimum Gasteiger partial charge on any atom is -0.490 e. The Bertz CT molecular complexity index is 794. The van der Waals surface area contributed by atoms with E-state index < -0.39 is 23.2 Å². The van der Waals surface area contributed by atoms with E-state index in [2.05, 4.69) is 4.74 Å². The van der Waals surface area contributed by atoms with Crippen LogP contribution < -0.4 is 9.47 Å². The van der Waals surface area contributed by atoms with Crippen molar-refractivity contribution in [3.8, 4) is 11.5 Å². The molecule has 1 aliphatic rings. The summed E-state index contributed by atoms with van der Waals surface area (Å²) in [7, 11) is 1.20. The molecule has 0 unspecified atom stereocenters. The second-order valence-electron chi connectivity index (χ2n) is 5.45. The molecule has 0 spiro atoms. The van der Waals surface area contributed by atoms with E-state index in [0.29, 0.717) is 35.3 Å². The quantitative estimate of drug-likeness (QED) is 0.497. The second kappa shape index (κ2) is 9.14. The molecule has 1 heterocycles. The van der Waals surface area contributed by atoms with Crippen molar-refractivity contribution in [1.29, 1.82) is 0 Å². The zero-order valence-corrected chi connectivity index (χ0v) is 17.0. The van der Waals surface area contributed by atoms with Crippen LogP contribution in [0.1, 0.15) is 26.3 Å². The lowest BCUT2D eigenvalue weighted by Crippen LogP contribution is -2.42. The molecular formula is C18H20ClNO6S. The molecule has 1 aromatic carbocycles. The van der Waals surface area contributed by atoms with E-state index in [-0.39, 0.29) is 4.91 Å². The number of amides is 2. The molecule has 1 saturated heterocycles. The molecule has 1 aliphatic heterocycles. The molecule has 2 amide bonds. The number of carbonyl (C=O) groups is 3. The summed E-state index contributed by atoms with van der Waals surface area (Å²) in [4.78, 5) is 37.5. The molecule has 1 atom stereocenters. The number of halogens is 1. The van der Waals surface area contributed by atoms with Gasteiger partial charge in [0.2, 0.25) is 0 Å². The van der Waals surface area contributed by atoms with Gasteiger partial charge in [0, 0.05) is 0 Å². The molecule has 0 N–H and O–H groups in total. The standard InChI is InChI=1S/C18H20ClNO6S/c1-5-25-13-8-11(7-12(19)15(13)26-6-2)9-14-16(21)20(18(23)27-14)10(3)17(22)24-4/h7-10H,5-6H2,1-4H3/b14-9+/t10-/m1/s1. The van der Waals surface area contributed by atoms with Crippen molar-refractivity contribution in [2.24, 2.45) is 0 Å². The van der Waals surface area contributed by atoms with Gasteiger partial charge < -0.3 is 14.2 Å². The Kier molecular flexibility index (Phi) is 7.15. The SMILES string of the molecule is CCOc1cc(/C=C2/SC(=O)N([C@H](C)C(=O)OC)C2=O)cc(Cl)c1OCC. The van der Waals surface area contributed by atoms with Crippen molar-refractivity contribution in [1.82, 2.24) is 4.90 Å². The fourth-order valence-electron chi connectivity index (χ4n) is 2.46. The van der Waals surface area contributed by atoms with Crippen LogP contribution in [0, 0.1) is 0 Å². The molecule has 0 saturated carbocycles. The first-order valence-electron chi connectivity index (χ1n) is 8.28. The Morgan fingerprint density at radius 3 is 2.52 bits per heavy atom. The topological polar surface area (TPSA) is 82.1 Å². The van der Waals surface area contributed by atoms with E-state index in [1.165, 1.54) is 20.1 Å². The van der Waals surface area contributed by atoms with Crippen LogP contribution in [0.4, 0.5) is 4.79 Å². The number of esters is 1. The summed E-state index contributed by atoms with van der Waals surface area (Å²) in [6.07, 6.45) is 1.53. The Labute approximate surface area is 166 Å². The molecule has 27 heavy (non-hydrogen) atoms. The van der Waals surface area contributed by atoms with E-state index in [4.69, 9.17) is 21.1 Å². The molecule has 0 bridgehead atoms. The lowest BCUT2D eigenvalue weighted by Gasteiger charge is -2.18. The zero-order chi connectivity index (χ0) is 20.1. The summed E-state index contributed by atoms with van der Waals surface area (Å²) in [6.45, 7) is 5.93. The number of carbonyl (C=O) groups excluding carboxylic acids is 3. The summed E-state index contributed by atoms with van der Waals surface area (Å²) in [5, 5.41) is -0.206. The first kappa shape index (κ1) is 21.1. The van der Waals surface area contributed by atoms with Crippen molar-refractivity contribution in [2.45, 2.75) is 26.8 Å². The zero-order valence-electron chi connectivity index (χ0n) is 15.4. The molecule has 146 valence electrons. The van der Waals surface area contributed by atoms with E-state index >= 15 is 0 Å². The highest BCUT2D eigenvalue weighted by Gasteiger charge is 2.41. The maximum atomic E-state index is 12.6. The van der Waals surface area contributed by atoms with Crippen molar-refractivity contribution >= 4 is 46.6 Å². The molecule has 0 aliphatic carbocycles. The largest absolute Gasteiger partial charge is 0.490 e. The Balaban J connectivity index is 2.37. The second-order valence-corrected chi connectivity index (χ2v) is 6.85. The number of imide groups is 1. The Morgan fingerprint density at radius 2 is 1.93 bits per heavy atom. The van der Waals surface area contributed by atoms with Crippen LogP contribution in [0.25, 0.3) is 6.08 Å². The van der Waals surface area contributed by atoms with Crippen LogP contribution in [-0.4, -0.2) is 48.4 Å². The molecule has 9 heteroatoms. The summed E-state index contributed by atoms with van der Waals surface area (Å²) in [5.74, 6) is -0.363. The van der Waals surface area contributed by atoms with Crippen molar-refractivity contribution < 1.29 is 28.6 Å². The van der Waals surface area contributed by atoms with Gasteiger partial charge in [-0.15, -0.1) is 0 Å². The normalized spacial score (nSPS) is 16.6. The third-order valence-electron chi connectivity index (χ3n) is 3.67. The highest BCUT2D eigenvalue weighted by Crippen LogP contribution is 2.39. The maximum Gasteiger partial charge on any atom is 0.328 e. The first-order valence-corrected chi connectivity index (χ1v) is 9.47. The number of hydrogen-bond acceptors (Lipinski definition) is 7. The molecule has 0 radical (unpaired) electrons. The lowest BCUT2D eigenvalue weighted by molar-refractivity contribution is -0.148. The first-order chi connectivity index (χ1) is 12.8. The van der Waals surface area contributed by atoms with Crippen LogP contribution in [-0.2, 0) is 14.3 Å². The third-order valence-corrected chi connectivity index (χ3v) is 4.84. The molecule has 7 nitrogen and oxygen atoms in total. The van der Waals surface area contributed by atoms with Crippen molar-refractivity contribution in [3.63, 3.8) is 0 Å². The predicted octanol–water partition coefficient (Wildman–Crippen LogP) is 3.74. The van der Waals surface area contributed by atoms with Gasteiger partial charge in [0.05, 0.1) is 30.3 Å². The maximum absolute atomic E-state index is 12.6. The average Bonchev–Trinajstić information content (AvgIpc) is 2.90. The highest BCUT2D eigenvalue weighted by atomic mass is 35.5. The molecular weight excluding hydrogens is 394 g/mol. The molecule has 2 rings (SSSR count). The van der Waals surface area contributed by atoms with Gasteiger partial charge in [0.1, 0.15) is 6.04 Å². The summed E-state index contributed by atoms with van der Waals surface area (Å²) in [5.41, 5.74) is 0.572. The van der Waals surface area contributed by atoms with E-state index in [1.54, 1.807) is 12.1 Å². The monoisotopic (exact) mass is 413 g/mol. The summed E-state index contributed by atoms with van der Waals surface area (Å²) < 4.78 is 15.7. The van der Waals surface area contributed by atoms with E-state index in [9.17, 15) is 14.4 Å². The van der Waals surface area contributed by atoms with E-state index in [0.717, 1.165) is 16.7 Å². The minimum atomic E-state index is -1.00. The van der Waals surface area contributed by atoms with Gasteiger partial charge in [0.15, 0.2) is 11.5 Å². The fraction of sp³-hybridized carbons (Fsp3) is 0.389.